The summed E-state index contributed by atoms with van der Waals surface area (Å²) in [5.74, 6) is 0. The van der Waals surface area contributed by atoms with Crippen LogP contribution in [0, 0.1) is 10.8 Å². The van der Waals surface area contributed by atoms with Gasteiger partial charge in [0.15, 0.2) is 0 Å². The Morgan fingerprint density at radius 1 is 0.545 bits per heavy atom. The molecule has 0 amide bonds. The lowest BCUT2D eigenvalue weighted by atomic mass is 9.82. The second-order valence-corrected chi connectivity index (χ2v) is 12.2. The Kier molecular flexibility index (Phi) is 5.79. The first-order valence-corrected chi connectivity index (χ1v) is 15.0. The molecule has 3 heteroatoms. The third kappa shape index (κ3) is 3.97. The molecule has 2 aliphatic rings. The largest absolute Gasteiger partial charge is 0.310 e. The van der Waals surface area contributed by atoms with Crippen molar-refractivity contribution in [3.63, 3.8) is 0 Å². The summed E-state index contributed by atoms with van der Waals surface area (Å²) in [4.78, 5) is 2.32. The molecule has 44 heavy (non-hydrogen) atoms. The predicted octanol–water partition coefficient (Wildman–Crippen LogP) is 10.7. The molecule has 3 nitrogen and oxygen atoms in total. The van der Waals surface area contributed by atoms with Gasteiger partial charge in [-0.15, -0.1) is 0 Å². The molecule has 0 saturated carbocycles. The van der Waals surface area contributed by atoms with Crippen LogP contribution >= 0.6 is 0 Å². The van der Waals surface area contributed by atoms with Crippen LogP contribution in [0.2, 0.25) is 0 Å². The van der Waals surface area contributed by atoms with Crippen molar-refractivity contribution in [1.29, 1.82) is 10.8 Å². The highest BCUT2D eigenvalue weighted by atomic mass is 15.1. The van der Waals surface area contributed by atoms with E-state index in [0.717, 1.165) is 39.0 Å². The van der Waals surface area contributed by atoms with Gasteiger partial charge in [0.25, 0.3) is 0 Å². The fraction of sp³-hybridized carbons (Fsp3) is 0.0732. The predicted molar refractivity (Wildman–Crippen MR) is 185 cm³/mol. The van der Waals surface area contributed by atoms with E-state index >= 15 is 0 Å². The highest BCUT2D eigenvalue weighted by Crippen LogP contribution is 2.50. The lowest BCUT2D eigenvalue weighted by Crippen LogP contribution is -2.17. The summed E-state index contributed by atoms with van der Waals surface area (Å²) >= 11 is 0. The topological polar surface area (TPSA) is 50.9 Å². The summed E-state index contributed by atoms with van der Waals surface area (Å²) in [6.07, 6.45) is 3.66. The number of hydrogen-bond acceptors (Lipinski definition) is 3. The second-order valence-electron chi connectivity index (χ2n) is 12.2. The number of anilines is 3. The van der Waals surface area contributed by atoms with Crippen LogP contribution in [0.25, 0.3) is 39.1 Å². The molecule has 0 unspecified atom stereocenters. The molecule has 0 atom stereocenters. The Bertz CT molecular complexity index is 2170. The molecule has 2 N–H and O–H groups in total. The van der Waals surface area contributed by atoms with Gasteiger partial charge in [0.1, 0.15) is 0 Å². The van der Waals surface area contributed by atoms with E-state index in [-0.39, 0.29) is 16.8 Å². The minimum absolute atomic E-state index is 0.116. The van der Waals surface area contributed by atoms with Crippen LogP contribution < -0.4 is 4.90 Å². The monoisotopic (exact) mass is 565 g/mol. The minimum Gasteiger partial charge on any atom is -0.310 e. The fourth-order valence-corrected chi connectivity index (χ4v) is 6.98. The van der Waals surface area contributed by atoms with Crippen molar-refractivity contribution in [2.45, 2.75) is 19.3 Å². The summed E-state index contributed by atoms with van der Waals surface area (Å²) in [7, 11) is 0. The van der Waals surface area contributed by atoms with Gasteiger partial charge < -0.3 is 4.90 Å². The minimum atomic E-state index is -0.116. The van der Waals surface area contributed by atoms with Crippen LogP contribution in [0.1, 0.15) is 36.1 Å². The van der Waals surface area contributed by atoms with E-state index < -0.39 is 0 Å². The maximum absolute atomic E-state index is 8.77. The molecular formula is C41H31N3. The number of benzene rings is 6. The zero-order valence-corrected chi connectivity index (χ0v) is 24.7. The number of nitrogens with one attached hydrogen (secondary N) is 2. The summed E-state index contributed by atoms with van der Waals surface area (Å²) in [6, 6.07) is 45.5. The molecule has 2 aliphatic carbocycles. The van der Waals surface area contributed by atoms with Gasteiger partial charge in [-0.1, -0.05) is 111 Å². The van der Waals surface area contributed by atoms with Crippen molar-refractivity contribution in [2.24, 2.45) is 0 Å². The molecular weight excluding hydrogens is 534 g/mol. The number of allylic oxidation sites excluding steroid dienone is 1. The number of fused-ring (bicyclic) bond motifs is 6. The molecule has 8 rings (SSSR count). The van der Waals surface area contributed by atoms with E-state index in [0.29, 0.717) is 0 Å². The van der Waals surface area contributed by atoms with Gasteiger partial charge >= 0.3 is 0 Å². The highest BCUT2D eigenvalue weighted by Gasteiger charge is 2.35. The Morgan fingerprint density at radius 2 is 1.18 bits per heavy atom. The number of hydrogen-bond donors (Lipinski definition) is 2. The maximum atomic E-state index is 8.77. The lowest BCUT2D eigenvalue weighted by molar-refractivity contribution is 0.660. The molecule has 0 fully saturated rings. The molecule has 0 aliphatic heterocycles. The molecule has 6 aromatic rings. The molecule has 210 valence electrons. The van der Waals surface area contributed by atoms with Gasteiger partial charge in [-0.2, -0.15) is 0 Å². The van der Waals surface area contributed by atoms with Crippen LogP contribution in [-0.2, 0) is 5.41 Å². The molecule has 0 saturated heterocycles. The molecule has 0 spiro atoms. The summed E-state index contributed by atoms with van der Waals surface area (Å²) < 4.78 is 0. The molecule has 0 aromatic heterocycles. The fourth-order valence-electron chi connectivity index (χ4n) is 6.98. The zero-order chi connectivity index (χ0) is 30.0. The van der Waals surface area contributed by atoms with Crippen LogP contribution in [0.4, 0.5) is 17.1 Å². The van der Waals surface area contributed by atoms with Crippen molar-refractivity contribution in [2.75, 3.05) is 4.90 Å². The quantitative estimate of drug-likeness (QED) is 0.219. The van der Waals surface area contributed by atoms with Crippen molar-refractivity contribution in [1.82, 2.24) is 0 Å². The Morgan fingerprint density at radius 3 is 2.00 bits per heavy atom. The van der Waals surface area contributed by atoms with Gasteiger partial charge in [0, 0.05) is 28.0 Å². The third-order valence-electron chi connectivity index (χ3n) is 9.30. The number of nitrogens with zero attached hydrogens (tertiary/aromatic N) is 1. The van der Waals surface area contributed by atoms with E-state index in [9.17, 15) is 0 Å². The smallest absolute Gasteiger partial charge is 0.0873 e. The van der Waals surface area contributed by atoms with Gasteiger partial charge in [-0.25, -0.2) is 0 Å². The van der Waals surface area contributed by atoms with Gasteiger partial charge in [0.05, 0.1) is 11.4 Å². The van der Waals surface area contributed by atoms with Crippen LogP contribution in [0.15, 0.2) is 133 Å². The van der Waals surface area contributed by atoms with E-state index in [4.69, 9.17) is 10.8 Å². The number of rotatable bonds is 4. The molecule has 0 bridgehead atoms. The SMILES string of the molecule is CC1(C)c2ccccc2-c2ccc(N(c3ccc(-c4ccccc4)cc3)c3ccc4ccc5c(c4c3)C(=N)C(=N)C=C5)cc21. The lowest BCUT2D eigenvalue weighted by Gasteiger charge is -2.29. The van der Waals surface area contributed by atoms with E-state index in [1.807, 2.05) is 12.1 Å². The molecule has 6 aromatic carbocycles. The van der Waals surface area contributed by atoms with Crippen molar-refractivity contribution < 1.29 is 0 Å². The van der Waals surface area contributed by atoms with E-state index in [1.54, 1.807) is 6.08 Å². The Hall–Kier alpha value is -5.54. The zero-order valence-electron chi connectivity index (χ0n) is 24.7. The van der Waals surface area contributed by atoms with Gasteiger partial charge in [0.2, 0.25) is 0 Å². The van der Waals surface area contributed by atoms with Crippen molar-refractivity contribution >= 4 is 45.3 Å². The summed E-state index contributed by atoms with van der Waals surface area (Å²) in [5.41, 5.74) is 13.0. The van der Waals surface area contributed by atoms with Gasteiger partial charge in [-0.05, 0) is 92.2 Å². The van der Waals surface area contributed by atoms with Crippen molar-refractivity contribution in [3.8, 4) is 22.3 Å². The first kappa shape index (κ1) is 26.1. The summed E-state index contributed by atoms with van der Waals surface area (Å²) in [6.45, 7) is 4.63. The Labute approximate surface area is 257 Å². The highest BCUT2D eigenvalue weighted by molar-refractivity contribution is 6.53. The normalized spacial score (nSPS) is 14.3. The van der Waals surface area contributed by atoms with Crippen molar-refractivity contribution in [3.05, 3.63) is 156 Å². The van der Waals surface area contributed by atoms with Gasteiger partial charge in [-0.3, -0.25) is 10.8 Å². The standard InChI is InChI=1S/C41H31N3/c1-41(2)36-11-7-6-10-33(36)34-22-21-32(25-37(34)41)44(30-18-14-27(15-19-30)26-8-4-3-5-9-26)31-20-16-28-12-13-29-17-23-38(42)40(43)39(29)35(28)24-31/h3-25,42-43H,1-2H3. The van der Waals surface area contributed by atoms with Crippen LogP contribution in [0.5, 0.6) is 0 Å². The first-order valence-electron chi connectivity index (χ1n) is 15.0. The van der Waals surface area contributed by atoms with E-state index in [1.165, 1.54) is 33.4 Å². The first-order chi connectivity index (χ1) is 21.4. The second kappa shape index (κ2) is 9.75. The average Bonchev–Trinajstić information content (AvgIpc) is 3.29. The third-order valence-corrected chi connectivity index (χ3v) is 9.30. The molecule has 0 radical (unpaired) electrons. The average molecular weight is 566 g/mol. The molecule has 0 heterocycles. The maximum Gasteiger partial charge on any atom is 0.0873 e. The summed E-state index contributed by atoms with van der Waals surface area (Å²) in [5, 5.41) is 19.2. The van der Waals surface area contributed by atoms with E-state index in [2.05, 4.69) is 140 Å². The Balaban J connectivity index is 1.32. The van der Waals surface area contributed by atoms with Crippen LogP contribution in [0.3, 0.4) is 0 Å². The van der Waals surface area contributed by atoms with Crippen LogP contribution in [-0.4, -0.2) is 11.4 Å².